The lowest BCUT2D eigenvalue weighted by atomic mass is 10.2. The normalized spacial score (nSPS) is 12.2. The summed E-state index contributed by atoms with van der Waals surface area (Å²) in [5.74, 6) is 1.20. The molecule has 5 nitrogen and oxygen atoms in total. The lowest BCUT2D eigenvalue weighted by Crippen LogP contribution is -2.42. The summed E-state index contributed by atoms with van der Waals surface area (Å²) < 4.78 is 4.55. The van der Waals surface area contributed by atoms with Crippen LogP contribution in [-0.4, -0.2) is 56.4 Å². The molecule has 0 heterocycles. The molecule has 114 valence electrons. The van der Waals surface area contributed by atoms with Crippen LogP contribution in [0.2, 0.25) is 0 Å². The van der Waals surface area contributed by atoms with Crippen molar-refractivity contribution in [2.75, 3.05) is 32.4 Å². The van der Waals surface area contributed by atoms with Crippen molar-refractivity contribution in [3.63, 3.8) is 0 Å². The van der Waals surface area contributed by atoms with E-state index < -0.39 is 0 Å². The Morgan fingerprint density at radius 2 is 1.84 bits per heavy atom. The van der Waals surface area contributed by atoms with Crippen LogP contribution in [0.1, 0.15) is 27.2 Å². The van der Waals surface area contributed by atoms with Crippen molar-refractivity contribution >= 4 is 23.3 Å². The smallest absolute Gasteiger partial charge is 0.293 e. The Balaban J connectivity index is 0. The number of carbonyl (C=O) groups excluding carboxylic acids is 2. The van der Waals surface area contributed by atoms with Gasteiger partial charge in [0, 0.05) is 13.5 Å². The second-order valence-corrected chi connectivity index (χ2v) is 7.64. The average Bonchev–Trinajstić information content (AvgIpc) is 2.28. The largest absolute Gasteiger partial charge is 0.462 e. The van der Waals surface area contributed by atoms with E-state index in [-0.39, 0.29) is 17.6 Å². The summed E-state index contributed by atoms with van der Waals surface area (Å²) in [6, 6.07) is -0.0232. The van der Waals surface area contributed by atoms with E-state index in [2.05, 4.69) is 27.9 Å². The average molecular weight is 293 g/mol. The third-order valence-electron chi connectivity index (χ3n) is 2.13. The Labute approximate surface area is 120 Å². The second-order valence-electron chi connectivity index (χ2n) is 5.26. The van der Waals surface area contributed by atoms with Gasteiger partial charge in [-0.3, -0.25) is 9.59 Å². The van der Waals surface area contributed by atoms with Crippen LogP contribution >= 0.6 is 0 Å². The van der Waals surface area contributed by atoms with Crippen LogP contribution in [0, 0.1) is 0 Å². The number of rotatable bonds is 6. The van der Waals surface area contributed by atoms with Gasteiger partial charge in [-0.1, -0.05) is 0 Å². The van der Waals surface area contributed by atoms with Crippen molar-refractivity contribution in [2.24, 2.45) is 0 Å². The van der Waals surface area contributed by atoms with Gasteiger partial charge in [0.2, 0.25) is 5.91 Å². The van der Waals surface area contributed by atoms with E-state index >= 15 is 0 Å². The highest BCUT2D eigenvalue weighted by Crippen LogP contribution is 2.02. The topological polar surface area (TPSA) is 67.4 Å². The molecule has 6 heteroatoms. The zero-order valence-electron chi connectivity index (χ0n) is 13.2. The first-order chi connectivity index (χ1) is 8.67. The fraction of sp³-hybridized carbons (Fsp3) is 0.846. The van der Waals surface area contributed by atoms with Crippen LogP contribution in [-0.2, 0) is 25.2 Å². The molecule has 0 aliphatic carbocycles. The Kier molecular flexibility index (Phi) is 12.0. The monoisotopic (exact) mass is 293 g/mol. The SMILES string of the molecule is CC(C)(C)OC=O.CNC(=O)C(CC[S+](C)C)NC. The highest BCUT2D eigenvalue weighted by Gasteiger charge is 2.17. The van der Waals surface area contributed by atoms with E-state index in [0.717, 1.165) is 12.2 Å². The first-order valence-corrected chi connectivity index (χ1v) is 8.43. The molecule has 0 aliphatic rings. The van der Waals surface area contributed by atoms with Crippen LogP contribution in [0.15, 0.2) is 0 Å². The van der Waals surface area contributed by atoms with Gasteiger partial charge >= 0.3 is 0 Å². The number of hydrogen-bond acceptors (Lipinski definition) is 4. The molecule has 0 aromatic carbocycles. The molecule has 0 radical (unpaired) electrons. The number of carbonyl (C=O) groups is 2. The van der Waals surface area contributed by atoms with Gasteiger partial charge in [-0.2, -0.15) is 0 Å². The summed E-state index contributed by atoms with van der Waals surface area (Å²) in [4.78, 5) is 20.8. The fourth-order valence-electron chi connectivity index (χ4n) is 1.08. The molecule has 0 bridgehead atoms. The summed E-state index contributed by atoms with van der Waals surface area (Å²) >= 11 is 0. The number of likely N-dealkylation sites (N-methyl/N-ethyl adjacent to an activating group) is 2. The number of ether oxygens (including phenoxy) is 1. The van der Waals surface area contributed by atoms with Gasteiger partial charge in [-0.15, -0.1) is 0 Å². The first-order valence-electron chi connectivity index (χ1n) is 6.22. The first kappa shape index (κ1) is 20.6. The van der Waals surface area contributed by atoms with Crippen LogP contribution in [0.5, 0.6) is 0 Å². The maximum atomic E-state index is 11.2. The number of nitrogens with one attached hydrogen (secondary N) is 2. The van der Waals surface area contributed by atoms with E-state index in [1.807, 2.05) is 27.8 Å². The summed E-state index contributed by atoms with van der Waals surface area (Å²) in [5, 5.41) is 5.64. The molecule has 2 N–H and O–H groups in total. The molecule has 0 rings (SSSR count). The molecule has 0 spiro atoms. The quantitative estimate of drug-likeness (QED) is 0.554. The molecule has 0 aromatic heterocycles. The van der Waals surface area contributed by atoms with Crippen LogP contribution in [0.4, 0.5) is 0 Å². The molecule has 19 heavy (non-hydrogen) atoms. The minimum absolute atomic E-state index is 0.0232. The minimum Gasteiger partial charge on any atom is -0.462 e. The number of amides is 1. The standard InChI is InChI=1S/C8H18N2OS.C5H10O2/c1-9-7(8(11)10-2)5-6-12(3)4;1-5(2,3)7-4-6/h7,9H,5-6H2,1-4H3;4H,1-3H3/p+1. The zero-order chi connectivity index (χ0) is 15.5. The molecule has 0 fully saturated rings. The van der Waals surface area contributed by atoms with Crippen molar-refractivity contribution in [1.82, 2.24) is 10.6 Å². The van der Waals surface area contributed by atoms with Crippen molar-refractivity contribution in [3.8, 4) is 0 Å². The molecule has 1 unspecified atom stereocenters. The summed E-state index contributed by atoms with van der Waals surface area (Å²) in [6.45, 7) is 5.92. The molecular weight excluding hydrogens is 264 g/mol. The van der Waals surface area contributed by atoms with Gasteiger partial charge in [-0.05, 0) is 38.7 Å². The molecule has 1 atom stereocenters. The van der Waals surface area contributed by atoms with E-state index in [1.165, 1.54) is 0 Å². The van der Waals surface area contributed by atoms with E-state index in [9.17, 15) is 9.59 Å². The molecule has 0 aliphatic heterocycles. The minimum atomic E-state index is -0.318. The van der Waals surface area contributed by atoms with Crippen molar-refractivity contribution in [3.05, 3.63) is 0 Å². The predicted molar refractivity (Wildman–Crippen MR) is 82.5 cm³/mol. The molecule has 0 saturated heterocycles. The summed E-state index contributed by atoms with van der Waals surface area (Å²) in [5.41, 5.74) is -0.318. The van der Waals surface area contributed by atoms with Crippen LogP contribution in [0.3, 0.4) is 0 Å². The highest BCUT2D eigenvalue weighted by atomic mass is 32.2. The lowest BCUT2D eigenvalue weighted by Gasteiger charge is -2.14. The van der Waals surface area contributed by atoms with Gasteiger partial charge in [-0.25, -0.2) is 0 Å². The fourth-order valence-corrected chi connectivity index (χ4v) is 1.79. The van der Waals surface area contributed by atoms with Gasteiger partial charge in [0.05, 0.1) is 18.6 Å². The zero-order valence-corrected chi connectivity index (χ0v) is 14.0. The van der Waals surface area contributed by atoms with Crippen molar-refractivity contribution in [1.29, 1.82) is 0 Å². The maximum absolute atomic E-state index is 11.2. The molecule has 0 aromatic rings. The van der Waals surface area contributed by atoms with E-state index in [1.54, 1.807) is 7.05 Å². The highest BCUT2D eigenvalue weighted by molar-refractivity contribution is 7.95. The second kappa shape index (κ2) is 11.1. The van der Waals surface area contributed by atoms with Crippen molar-refractivity contribution in [2.45, 2.75) is 38.8 Å². The third-order valence-corrected chi connectivity index (χ3v) is 3.18. The number of hydrogen-bond donors (Lipinski definition) is 2. The Morgan fingerprint density at radius 3 is 2.05 bits per heavy atom. The van der Waals surface area contributed by atoms with Crippen molar-refractivity contribution < 1.29 is 14.3 Å². The summed E-state index contributed by atoms with van der Waals surface area (Å²) in [7, 11) is 3.92. The molecule has 0 saturated carbocycles. The third kappa shape index (κ3) is 15.2. The Hall–Kier alpha value is -0.750. The van der Waals surface area contributed by atoms with E-state index in [0.29, 0.717) is 17.4 Å². The summed E-state index contributed by atoms with van der Waals surface area (Å²) in [6.07, 6.45) is 5.30. The molecule has 1 amide bonds. The van der Waals surface area contributed by atoms with Gasteiger partial charge in [0.1, 0.15) is 11.4 Å². The van der Waals surface area contributed by atoms with Gasteiger partial charge < -0.3 is 15.4 Å². The lowest BCUT2D eigenvalue weighted by molar-refractivity contribution is -0.138. The maximum Gasteiger partial charge on any atom is 0.293 e. The molecular formula is C13H29N2O3S+. The Morgan fingerprint density at radius 1 is 1.32 bits per heavy atom. The van der Waals surface area contributed by atoms with Crippen LogP contribution < -0.4 is 10.6 Å². The van der Waals surface area contributed by atoms with Crippen LogP contribution in [0.25, 0.3) is 0 Å². The van der Waals surface area contributed by atoms with Gasteiger partial charge in [0.25, 0.3) is 6.47 Å². The van der Waals surface area contributed by atoms with Gasteiger partial charge in [0.15, 0.2) is 0 Å². The predicted octanol–water partition coefficient (Wildman–Crippen LogP) is 0.546. The Bertz CT molecular complexity index is 253. The van der Waals surface area contributed by atoms with E-state index in [4.69, 9.17) is 0 Å².